The Hall–Kier alpha value is -3.29. The number of carbonyl (C=O) groups excluding carboxylic acids is 2. The van der Waals surface area contributed by atoms with Gasteiger partial charge in [-0.25, -0.2) is 4.79 Å². The van der Waals surface area contributed by atoms with Crippen molar-refractivity contribution in [2.45, 2.75) is 59.1 Å². The highest BCUT2D eigenvalue weighted by molar-refractivity contribution is 5.89. The van der Waals surface area contributed by atoms with E-state index in [1.807, 2.05) is 13.8 Å². The summed E-state index contributed by atoms with van der Waals surface area (Å²) in [6.45, 7) is 5.99. The summed E-state index contributed by atoms with van der Waals surface area (Å²) in [6.07, 6.45) is 7.15. The first-order chi connectivity index (χ1) is 16.3. The van der Waals surface area contributed by atoms with E-state index in [0.717, 1.165) is 42.5 Å². The molecule has 1 amide bonds. The van der Waals surface area contributed by atoms with E-state index < -0.39 is 5.97 Å². The van der Waals surface area contributed by atoms with Gasteiger partial charge in [0.25, 0.3) is 5.91 Å². The quantitative estimate of drug-likeness (QED) is 0.394. The van der Waals surface area contributed by atoms with Crippen molar-refractivity contribution in [2.24, 2.45) is 5.92 Å². The summed E-state index contributed by atoms with van der Waals surface area (Å²) in [7, 11) is 3.34. The monoisotopic (exact) mass is 470 g/mol. The number of esters is 1. The SMILES string of the molecule is COc1cc(/C=C/C(=O)OCC(=O)N(C)C2CCC(C)CC2)ccc1OCc1c(C)noc1C. The van der Waals surface area contributed by atoms with E-state index in [1.165, 1.54) is 6.08 Å². The molecule has 34 heavy (non-hydrogen) atoms. The molecule has 1 aromatic heterocycles. The number of amides is 1. The van der Waals surface area contributed by atoms with Gasteiger partial charge in [0.15, 0.2) is 18.1 Å². The van der Waals surface area contributed by atoms with Crippen molar-refractivity contribution < 1.29 is 28.3 Å². The Bertz CT molecular complexity index is 1000. The summed E-state index contributed by atoms with van der Waals surface area (Å²) in [6, 6.07) is 5.56. The van der Waals surface area contributed by atoms with Crippen molar-refractivity contribution in [3.63, 3.8) is 0 Å². The van der Waals surface area contributed by atoms with Gasteiger partial charge in [0, 0.05) is 19.2 Å². The summed E-state index contributed by atoms with van der Waals surface area (Å²) < 4.78 is 21.6. The van der Waals surface area contributed by atoms with Crippen molar-refractivity contribution in [3.05, 3.63) is 46.9 Å². The van der Waals surface area contributed by atoms with Crippen molar-refractivity contribution in [1.29, 1.82) is 0 Å². The standard InChI is InChI=1S/C26H34N2O6/c1-17-6-10-21(11-7-17)28(4)25(29)16-33-26(30)13-9-20-8-12-23(24(14-20)31-5)32-15-22-18(2)27-34-19(22)3/h8-9,12-14,17,21H,6-7,10-11,15-16H2,1-5H3/b13-9+. The van der Waals surface area contributed by atoms with E-state index >= 15 is 0 Å². The van der Waals surface area contributed by atoms with E-state index in [-0.39, 0.29) is 18.6 Å². The summed E-state index contributed by atoms with van der Waals surface area (Å²) >= 11 is 0. The van der Waals surface area contributed by atoms with Crippen molar-refractivity contribution in [3.8, 4) is 11.5 Å². The normalized spacial score (nSPS) is 18.0. The lowest BCUT2D eigenvalue weighted by molar-refractivity contribution is -0.148. The fourth-order valence-electron chi connectivity index (χ4n) is 4.05. The highest BCUT2D eigenvalue weighted by atomic mass is 16.5. The first-order valence-corrected chi connectivity index (χ1v) is 11.6. The molecule has 0 atom stereocenters. The maximum absolute atomic E-state index is 12.4. The lowest BCUT2D eigenvalue weighted by Crippen LogP contribution is -2.41. The molecule has 1 fully saturated rings. The molecule has 8 nitrogen and oxygen atoms in total. The third-order valence-corrected chi connectivity index (χ3v) is 6.42. The molecule has 0 unspecified atom stereocenters. The molecule has 2 aromatic rings. The van der Waals surface area contributed by atoms with E-state index in [4.69, 9.17) is 18.7 Å². The Labute approximate surface area is 200 Å². The maximum atomic E-state index is 12.4. The zero-order valence-electron chi connectivity index (χ0n) is 20.6. The van der Waals surface area contributed by atoms with Gasteiger partial charge in [0.05, 0.1) is 18.4 Å². The molecule has 0 spiro atoms. The van der Waals surface area contributed by atoms with Crippen LogP contribution in [0.4, 0.5) is 0 Å². The molecule has 0 bridgehead atoms. The van der Waals surface area contributed by atoms with E-state index in [2.05, 4.69) is 12.1 Å². The van der Waals surface area contributed by atoms with Crippen LogP contribution >= 0.6 is 0 Å². The first kappa shape index (κ1) is 25.3. The van der Waals surface area contributed by atoms with Gasteiger partial charge >= 0.3 is 5.97 Å². The average Bonchev–Trinajstić information content (AvgIpc) is 3.16. The molecule has 8 heteroatoms. The molecule has 3 rings (SSSR count). The zero-order valence-corrected chi connectivity index (χ0v) is 20.6. The predicted octanol–water partition coefficient (Wildman–Crippen LogP) is 4.47. The summed E-state index contributed by atoms with van der Waals surface area (Å²) in [5, 5.41) is 3.92. The van der Waals surface area contributed by atoms with Gasteiger partial charge in [-0.1, -0.05) is 18.1 Å². The Morgan fingerprint density at radius 2 is 1.91 bits per heavy atom. The molecular weight excluding hydrogens is 436 g/mol. The molecule has 0 N–H and O–H groups in total. The van der Waals surface area contributed by atoms with Gasteiger partial charge in [-0.05, 0) is 69.2 Å². The average molecular weight is 471 g/mol. The minimum atomic E-state index is -0.572. The molecule has 1 heterocycles. The van der Waals surface area contributed by atoms with Gasteiger partial charge in [-0.15, -0.1) is 0 Å². The Morgan fingerprint density at radius 1 is 1.18 bits per heavy atom. The number of likely N-dealkylation sites (N-methyl/N-ethyl adjacent to an activating group) is 1. The van der Waals surface area contributed by atoms with Gasteiger partial charge in [-0.3, -0.25) is 4.79 Å². The number of nitrogens with zero attached hydrogens (tertiary/aromatic N) is 2. The first-order valence-electron chi connectivity index (χ1n) is 11.6. The number of carbonyl (C=O) groups is 2. The maximum Gasteiger partial charge on any atom is 0.331 e. The summed E-state index contributed by atoms with van der Waals surface area (Å²) in [4.78, 5) is 26.2. The lowest BCUT2D eigenvalue weighted by atomic mass is 9.87. The van der Waals surface area contributed by atoms with Crippen molar-refractivity contribution in [1.82, 2.24) is 10.1 Å². The highest BCUT2D eigenvalue weighted by Gasteiger charge is 2.25. The minimum absolute atomic E-state index is 0.178. The van der Waals surface area contributed by atoms with Crippen LogP contribution in [0.3, 0.4) is 0 Å². The van der Waals surface area contributed by atoms with Crippen LogP contribution < -0.4 is 9.47 Å². The smallest absolute Gasteiger partial charge is 0.331 e. The highest BCUT2D eigenvalue weighted by Crippen LogP contribution is 2.30. The second kappa shape index (κ2) is 11.7. The molecule has 1 aliphatic rings. The molecule has 184 valence electrons. The van der Waals surface area contributed by atoms with Crippen LogP contribution in [0.1, 0.15) is 55.2 Å². The van der Waals surface area contributed by atoms with E-state index in [1.54, 1.807) is 43.3 Å². The Balaban J connectivity index is 1.51. The minimum Gasteiger partial charge on any atom is -0.493 e. The Kier molecular flexibility index (Phi) is 8.73. The molecule has 1 saturated carbocycles. The molecule has 1 aromatic carbocycles. The third-order valence-electron chi connectivity index (χ3n) is 6.42. The van der Waals surface area contributed by atoms with Crippen LogP contribution in [-0.4, -0.2) is 48.7 Å². The number of aryl methyl sites for hydroxylation is 2. The van der Waals surface area contributed by atoms with E-state index in [0.29, 0.717) is 29.8 Å². The number of ether oxygens (including phenoxy) is 3. The lowest BCUT2D eigenvalue weighted by Gasteiger charge is -2.33. The molecule has 0 aliphatic heterocycles. The molecule has 0 saturated heterocycles. The van der Waals surface area contributed by atoms with E-state index in [9.17, 15) is 9.59 Å². The van der Waals surface area contributed by atoms with Crippen LogP contribution in [-0.2, 0) is 20.9 Å². The second-order valence-corrected chi connectivity index (χ2v) is 8.86. The summed E-state index contributed by atoms with van der Waals surface area (Å²) in [5.74, 6) is 1.77. The Morgan fingerprint density at radius 3 is 2.56 bits per heavy atom. The molecular formula is C26H34N2O6. The molecule has 1 aliphatic carbocycles. The number of hydrogen-bond acceptors (Lipinski definition) is 7. The molecule has 0 radical (unpaired) electrons. The number of rotatable bonds is 9. The second-order valence-electron chi connectivity index (χ2n) is 8.86. The van der Waals surface area contributed by atoms with Crippen molar-refractivity contribution in [2.75, 3.05) is 20.8 Å². The summed E-state index contributed by atoms with van der Waals surface area (Å²) in [5.41, 5.74) is 2.41. The van der Waals surface area contributed by atoms with Gasteiger partial charge in [-0.2, -0.15) is 0 Å². The van der Waals surface area contributed by atoms with Gasteiger partial charge in [0.1, 0.15) is 12.4 Å². The van der Waals surface area contributed by atoms with Crippen molar-refractivity contribution >= 4 is 18.0 Å². The van der Waals surface area contributed by atoms with Gasteiger partial charge < -0.3 is 23.6 Å². The number of methoxy groups -OCH3 is 1. The third kappa shape index (κ3) is 6.62. The zero-order chi connectivity index (χ0) is 24.7. The van der Waals surface area contributed by atoms with Crippen LogP contribution in [0, 0.1) is 19.8 Å². The fourth-order valence-corrected chi connectivity index (χ4v) is 4.05. The van der Waals surface area contributed by atoms with Crippen LogP contribution in [0.25, 0.3) is 6.08 Å². The number of hydrogen-bond donors (Lipinski definition) is 0. The number of aromatic nitrogens is 1. The van der Waals surface area contributed by atoms with Crippen LogP contribution in [0.5, 0.6) is 11.5 Å². The van der Waals surface area contributed by atoms with Gasteiger partial charge in [0.2, 0.25) is 0 Å². The van der Waals surface area contributed by atoms with Crippen LogP contribution in [0.2, 0.25) is 0 Å². The largest absolute Gasteiger partial charge is 0.493 e. The predicted molar refractivity (Wildman–Crippen MR) is 127 cm³/mol. The topological polar surface area (TPSA) is 91.1 Å². The number of benzene rings is 1. The fraction of sp³-hybridized carbons (Fsp3) is 0.500. The van der Waals surface area contributed by atoms with Crippen LogP contribution in [0.15, 0.2) is 28.8 Å².